The zero-order valence-corrected chi connectivity index (χ0v) is 13.2. The highest BCUT2D eigenvalue weighted by molar-refractivity contribution is 5.75. The van der Waals surface area contributed by atoms with Crippen LogP contribution >= 0.6 is 0 Å². The van der Waals surface area contributed by atoms with Crippen molar-refractivity contribution in [3.05, 3.63) is 30.1 Å². The van der Waals surface area contributed by atoms with Crippen LogP contribution in [0.15, 0.2) is 24.3 Å². The van der Waals surface area contributed by atoms with E-state index < -0.39 is 0 Å². The second kappa shape index (κ2) is 6.37. The summed E-state index contributed by atoms with van der Waals surface area (Å²) in [5.41, 5.74) is 2.26. The molecule has 2 aromatic rings. The maximum atomic E-state index is 4.69. The number of aromatic nitrogens is 2. The predicted molar refractivity (Wildman–Crippen MR) is 84.7 cm³/mol. The van der Waals surface area contributed by atoms with Crippen LogP contribution < -0.4 is 5.32 Å². The van der Waals surface area contributed by atoms with Gasteiger partial charge in [0.1, 0.15) is 5.82 Å². The number of para-hydroxylation sites is 2. The molecule has 0 bridgehead atoms. The third kappa shape index (κ3) is 3.19. The van der Waals surface area contributed by atoms with Gasteiger partial charge in [0.05, 0.1) is 17.6 Å². The standard InChI is InChI=1S/C16H26N4/c1-12(2)15(19(3)4)10-17-11-16-18-13-8-6-7-9-14(13)20(16)5/h6-9,12,15,17H,10-11H2,1-5H3. The normalized spacial score (nSPS) is 13.6. The highest BCUT2D eigenvalue weighted by Crippen LogP contribution is 2.14. The molecule has 0 amide bonds. The van der Waals surface area contributed by atoms with E-state index in [1.165, 1.54) is 5.52 Å². The van der Waals surface area contributed by atoms with Gasteiger partial charge in [-0.2, -0.15) is 0 Å². The zero-order chi connectivity index (χ0) is 14.7. The molecule has 20 heavy (non-hydrogen) atoms. The topological polar surface area (TPSA) is 33.1 Å². The monoisotopic (exact) mass is 274 g/mol. The average Bonchev–Trinajstić information content (AvgIpc) is 2.71. The lowest BCUT2D eigenvalue weighted by Gasteiger charge is -2.28. The molecule has 1 aromatic carbocycles. The molecule has 110 valence electrons. The van der Waals surface area contributed by atoms with Gasteiger partial charge in [0.15, 0.2) is 0 Å². The predicted octanol–water partition coefficient (Wildman–Crippen LogP) is 2.25. The van der Waals surface area contributed by atoms with E-state index in [0.717, 1.165) is 24.4 Å². The third-order valence-corrected chi connectivity index (χ3v) is 3.95. The summed E-state index contributed by atoms with van der Waals surface area (Å²) in [6, 6.07) is 8.82. The Hall–Kier alpha value is -1.39. The highest BCUT2D eigenvalue weighted by atomic mass is 15.1. The highest BCUT2D eigenvalue weighted by Gasteiger charge is 2.15. The molecule has 1 heterocycles. The summed E-state index contributed by atoms with van der Waals surface area (Å²) in [5.74, 6) is 1.73. The van der Waals surface area contributed by atoms with Gasteiger partial charge in [-0.25, -0.2) is 4.98 Å². The SMILES string of the molecule is CC(C)C(CNCc1nc2ccccc2n1C)N(C)C. The number of aryl methyl sites for hydroxylation is 1. The van der Waals surface area contributed by atoms with Crippen LogP contribution in [0.25, 0.3) is 11.0 Å². The third-order valence-electron chi connectivity index (χ3n) is 3.95. The van der Waals surface area contributed by atoms with Crippen LogP contribution in [0.3, 0.4) is 0 Å². The Bertz CT molecular complexity index is 549. The van der Waals surface area contributed by atoms with Gasteiger partial charge in [-0.15, -0.1) is 0 Å². The van der Waals surface area contributed by atoms with Gasteiger partial charge in [-0.05, 0) is 32.1 Å². The Balaban J connectivity index is 2.01. The van der Waals surface area contributed by atoms with Crippen LogP contribution in [0.2, 0.25) is 0 Å². The second-order valence-electron chi connectivity index (χ2n) is 5.98. The number of imidazole rings is 1. The minimum atomic E-state index is 0.546. The number of rotatable bonds is 6. The molecule has 2 rings (SSSR count). The van der Waals surface area contributed by atoms with Crippen LogP contribution in [0.5, 0.6) is 0 Å². The van der Waals surface area contributed by atoms with E-state index in [1.807, 2.05) is 6.07 Å². The molecule has 0 saturated carbocycles. The van der Waals surface area contributed by atoms with Crippen molar-refractivity contribution in [2.24, 2.45) is 13.0 Å². The molecule has 1 atom stereocenters. The number of hydrogen-bond acceptors (Lipinski definition) is 3. The first-order valence-corrected chi connectivity index (χ1v) is 7.28. The molecule has 4 nitrogen and oxygen atoms in total. The molecule has 4 heteroatoms. The summed E-state index contributed by atoms with van der Waals surface area (Å²) in [7, 11) is 6.36. The molecular formula is C16H26N4. The van der Waals surface area contributed by atoms with Gasteiger partial charge in [0.25, 0.3) is 0 Å². The van der Waals surface area contributed by atoms with E-state index in [2.05, 4.69) is 73.0 Å². The lowest BCUT2D eigenvalue weighted by Crippen LogP contribution is -2.41. The number of likely N-dealkylation sites (N-methyl/N-ethyl adjacent to an activating group) is 1. The van der Waals surface area contributed by atoms with E-state index in [4.69, 9.17) is 0 Å². The summed E-state index contributed by atoms with van der Waals surface area (Å²) >= 11 is 0. The maximum Gasteiger partial charge on any atom is 0.123 e. The molecule has 0 aliphatic heterocycles. The van der Waals surface area contributed by atoms with E-state index in [9.17, 15) is 0 Å². The van der Waals surface area contributed by atoms with E-state index >= 15 is 0 Å². The molecule has 0 radical (unpaired) electrons. The minimum Gasteiger partial charge on any atom is -0.330 e. The van der Waals surface area contributed by atoms with Crippen molar-refractivity contribution in [2.75, 3.05) is 20.6 Å². The second-order valence-corrected chi connectivity index (χ2v) is 5.98. The van der Waals surface area contributed by atoms with E-state index in [-0.39, 0.29) is 0 Å². The van der Waals surface area contributed by atoms with Crippen molar-refractivity contribution in [1.29, 1.82) is 0 Å². The molecular weight excluding hydrogens is 248 g/mol. The lowest BCUT2D eigenvalue weighted by molar-refractivity contribution is 0.223. The Kier molecular flexibility index (Phi) is 4.78. The van der Waals surface area contributed by atoms with Crippen molar-refractivity contribution in [1.82, 2.24) is 19.8 Å². The lowest BCUT2D eigenvalue weighted by atomic mass is 10.0. The Morgan fingerprint density at radius 2 is 1.95 bits per heavy atom. The Morgan fingerprint density at radius 3 is 2.55 bits per heavy atom. The molecule has 1 aromatic heterocycles. The van der Waals surface area contributed by atoms with Crippen molar-refractivity contribution in [3.63, 3.8) is 0 Å². The van der Waals surface area contributed by atoms with Crippen molar-refractivity contribution in [3.8, 4) is 0 Å². The van der Waals surface area contributed by atoms with Gasteiger partial charge in [0.2, 0.25) is 0 Å². The van der Waals surface area contributed by atoms with Crippen molar-refractivity contribution in [2.45, 2.75) is 26.4 Å². The smallest absolute Gasteiger partial charge is 0.123 e. The molecule has 1 N–H and O–H groups in total. The molecule has 0 spiro atoms. The average molecular weight is 274 g/mol. The summed E-state index contributed by atoms with van der Waals surface area (Å²) in [4.78, 5) is 6.97. The first-order valence-electron chi connectivity index (χ1n) is 7.28. The Labute approximate surface area is 121 Å². The molecule has 0 saturated heterocycles. The van der Waals surface area contributed by atoms with Crippen LogP contribution in [0, 0.1) is 5.92 Å². The number of hydrogen-bond donors (Lipinski definition) is 1. The van der Waals surface area contributed by atoms with Gasteiger partial charge in [-0.3, -0.25) is 0 Å². The quantitative estimate of drug-likeness (QED) is 0.877. The maximum absolute atomic E-state index is 4.69. The first kappa shape index (κ1) is 15.0. The van der Waals surface area contributed by atoms with Crippen LogP contribution in [0.1, 0.15) is 19.7 Å². The summed E-state index contributed by atoms with van der Waals surface area (Å²) in [5, 5.41) is 3.54. The van der Waals surface area contributed by atoms with E-state index in [0.29, 0.717) is 12.0 Å². The molecule has 0 aliphatic rings. The molecule has 0 fully saturated rings. The number of nitrogens with zero attached hydrogens (tertiary/aromatic N) is 3. The van der Waals surface area contributed by atoms with Crippen molar-refractivity contribution < 1.29 is 0 Å². The summed E-state index contributed by atoms with van der Waals surface area (Å²) < 4.78 is 2.17. The zero-order valence-electron chi connectivity index (χ0n) is 13.2. The fraction of sp³-hybridized carbons (Fsp3) is 0.562. The van der Waals surface area contributed by atoms with E-state index in [1.54, 1.807) is 0 Å². The largest absolute Gasteiger partial charge is 0.330 e. The minimum absolute atomic E-state index is 0.546. The summed E-state index contributed by atoms with van der Waals surface area (Å²) in [6.07, 6.45) is 0. The number of benzene rings is 1. The van der Waals surface area contributed by atoms with Gasteiger partial charge < -0.3 is 14.8 Å². The molecule has 0 aliphatic carbocycles. The fourth-order valence-corrected chi connectivity index (χ4v) is 2.70. The Morgan fingerprint density at radius 1 is 1.25 bits per heavy atom. The van der Waals surface area contributed by atoms with Gasteiger partial charge in [-0.1, -0.05) is 26.0 Å². The van der Waals surface area contributed by atoms with Crippen molar-refractivity contribution >= 4 is 11.0 Å². The van der Waals surface area contributed by atoms with Gasteiger partial charge in [0, 0.05) is 19.6 Å². The van der Waals surface area contributed by atoms with Crippen LogP contribution in [0.4, 0.5) is 0 Å². The van der Waals surface area contributed by atoms with Gasteiger partial charge >= 0.3 is 0 Å². The fourth-order valence-electron chi connectivity index (χ4n) is 2.70. The summed E-state index contributed by atoms with van der Waals surface area (Å²) in [6.45, 7) is 6.32. The number of nitrogens with one attached hydrogen (secondary N) is 1. The number of fused-ring (bicyclic) bond motifs is 1. The van der Waals surface area contributed by atoms with Crippen LogP contribution in [-0.2, 0) is 13.6 Å². The first-order chi connectivity index (χ1) is 9.50. The van der Waals surface area contributed by atoms with Crippen LogP contribution in [-0.4, -0.2) is 41.1 Å². The molecule has 1 unspecified atom stereocenters.